The van der Waals surface area contributed by atoms with Crippen LogP contribution < -0.4 is 21.5 Å². The van der Waals surface area contributed by atoms with E-state index < -0.39 is 34.1 Å². The predicted molar refractivity (Wildman–Crippen MR) is 199 cm³/mol. The third-order valence-corrected chi connectivity index (χ3v) is 9.44. The Morgan fingerprint density at radius 3 is 0.820 bits per heavy atom. The van der Waals surface area contributed by atoms with Gasteiger partial charge in [0.2, 0.25) is 0 Å². The predicted octanol–water partition coefficient (Wildman–Crippen LogP) is 7.46. The van der Waals surface area contributed by atoms with Crippen molar-refractivity contribution in [2.75, 3.05) is 10.6 Å². The summed E-state index contributed by atoms with van der Waals surface area (Å²) in [5, 5.41) is 32.5. The average molecular weight is 657 g/mol. The summed E-state index contributed by atoms with van der Waals surface area (Å²) in [6.45, 7) is 0. The fourth-order valence-corrected chi connectivity index (χ4v) is 6.87. The van der Waals surface area contributed by atoms with Crippen molar-refractivity contribution in [1.29, 1.82) is 0 Å². The first-order valence-electron chi connectivity index (χ1n) is 16.6. The van der Waals surface area contributed by atoms with Crippen LogP contribution in [-0.4, -0.2) is 10.2 Å². The molecule has 7 aromatic carbocycles. The Hall–Kier alpha value is -6.08. The molecule has 6 heteroatoms. The summed E-state index contributed by atoms with van der Waals surface area (Å²) in [7, 11) is 0. The van der Waals surface area contributed by atoms with Crippen LogP contribution in [0.1, 0.15) is 45.5 Å². The van der Waals surface area contributed by atoms with Gasteiger partial charge >= 0.3 is 0 Å². The maximum Gasteiger partial charge on any atom is 0.253 e. The van der Waals surface area contributed by atoms with Crippen LogP contribution in [-0.2, 0) is 11.2 Å². The van der Waals surface area contributed by atoms with Gasteiger partial charge in [-0.3, -0.25) is 9.59 Å². The number of nitrogens with one attached hydrogen (secondary N) is 2. The highest BCUT2D eigenvalue weighted by Gasteiger charge is 2.45. The molecule has 0 fully saturated rings. The van der Waals surface area contributed by atoms with Crippen molar-refractivity contribution in [3.8, 4) is 0 Å². The summed E-state index contributed by atoms with van der Waals surface area (Å²) >= 11 is 0. The van der Waals surface area contributed by atoms with E-state index in [2.05, 4.69) is 10.6 Å². The molecule has 0 amide bonds. The highest BCUT2D eigenvalue weighted by Crippen LogP contribution is 2.46. The minimum absolute atomic E-state index is 0.0264. The van der Waals surface area contributed by atoms with E-state index in [9.17, 15) is 19.8 Å². The summed E-state index contributed by atoms with van der Waals surface area (Å²) < 4.78 is 0. The van der Waals surface area contributed by atoms with Crippen LogP contribution in [0.15, 0.2) is 192 Å². The van der Waals surface area contributed by atoms with Gasteiger partial charge in [-0.05, 0) is 33.4 Å². The lowest BCUT2D eigenvalue weighted by atomic mass is 9.76. The Kier molecular flexibility index (Phi) is 8.96. The van der Waals surface area contributed by atoms with E-state index in [4.69, 9.17) is 0 Å². The van der Waals surface area contributed by atoms with E-state index in [0.29, 0.717) is 33.4 Å². The molecule has 0 aromatic heterocycles. The Bertz CT molecular complexity index is 1980. The molecule has 4 N–H and O–H groups in total. The van der Waals surface area contributed by atoms with E-state index in [1.807, 2.05) is 182 Å². The van der Waals surface area contributed by atoms with Crippen LogP contribution in [0.3, 0.4) is 0 Å². The summed E-state index contributed by atoms with van der Waals surface area (Å²) in [4.78, 5) is 27.2. The van der Waals surface area contributed by atoms with Crippen molar-refractivity contribution in [3.05, 3.63) is 236 Å². The van der Waals surface area contributed by atoms with E-state index in [0.717, 1.165) is 0 Å². The number of hydrogen-bond donors (Lipinski definition) is 4. The third-order valence-electron chi connectivity index (χ3n) is 9.44. The topological polar surface area (TPSA) is 98.7 Å². The van der Waals surface area contributed by atoms with Gasteiger partial charge < -0.3 is 20.8 Å². The monoisotopic (exact) mass is 656 g/mol. The molecule has 0 saturated heterocycles. The van der Waals surface area contributed by atoms with Crippen LogP contribution >= 0.6 is 0 Å². The van der Waals surface area contributed by atoms with E-state index in [1.165, 1.54) is 0 Å². The highest BCUT2D eigenvalue weighted by molar-refractivity contribution is 5.76. The third kappa shape index (κ3) is 5.81. The Morgan fingerprint density at radius 2 is 0.580 bits per heavy atom. The number of hydrogen-bond acceptors (Lipinski definition) is 6. The zero-order chi connectivity index (χ0) is 34.6. The molecule has 0 heterocycles. The van der Waals surface area contributed by atoms with Crippen molar-refractivity contribution in [2.45, 2.75) is 23.3 Å². The molecule has 0 unspecified atom stereocenters. The van der Waals surface area contributed by atoms with E-state index >= 15 is 0 Å². The number of rotatable bonds is 12. The summed E-state index contributed by atoms with van der Waals surface area (Å²) in [6, 6.07) is 54.0. The lowest BCUT2D eigenvalue weighted by molar-refractivity contribution is 0.0574. The molecule has 0 aliphatic carbocycles. The van der Waals surface area contributed by atoms with Gasteiger partial charge in [-0.25, -0.2) is 0 Å². The fourth-order valence-electron chi connectivity index (χ4n) is 6.87. The second-order valence-electron chi connectivity index (χ2n) is 12.4. The Morgan fingerprint density at radius 1 is 0.360 bits per heavy atom. The highest BCUT2D eigenvalue weighted by atomic mass is 16.3. The van der Waals surface area contributed by atoms with Crippen LogP contribution in [0.25, 0.3) is 0 Å². The van der Waals surface area contributed by atoms with Gasteiger partial charge in [-0.2, -0.15) is 0 Å². The van der Waals surface area contributed by atoms with Crippen LogP contribution in [0, 0.1) is 0 Å². The van der Waals surface area contributed by atoms with E-state index in [-0.39, 0.29) is 11.4 Å². The Labute approximate surface area is 290 Å². The second-order valence-corrected chi connectivity index (χ2v) is 12.4. The molecule has 6 nitrogen and oxygen atoms in total. The first-order valence-corrected chi connectivity index (χ1v) is 16.6. The molecule has 0 bridgehead atoms. The number of benzene rings is 6. The van der Waals surface area contributed by atoms with Crippen LogP contribution in [0.5, 0.6) is 0 Å². The lowest BCUT2D eigenvalue weighted by Gasteiger charge is -2.41. The number of aliphatic hydroxyl groups is 2. The standard InChI is InChI=1S/C44H36N2O4/c47-39-37(45-41(31-19-7-1-8-20-31)43(49,33-23-11-3-12-24-33)34-25-13-4-14-26-34)38(40(39)48)46-42(32-21-9-2-10-22-32)44(50,35-27-15-5-16-28-35)36-29-17-6-18-30-36/h1-30,41-42,45-46,49-50H/t41-,42-/m1/s1. The molecule has 7 aromatic rings. The molecular formula is C44H36N2O4. The molecule has 50 heavy (non-hydrogen) atoms. The maximum atomic E-state index is 13.6. The smallest absolute Gasteiger partial charge is 0.253 e. The van der Waals surface area contributed by atoms with Crippen molar-refractivity contribution in [3.63, 3.8) is 0 Å². The quantitative estimate of drug-likeness (QED) is 0.102. The fraction of sp³-hybridized carbons (Fsp3) is 0.0909. The van der Waals surface area contributed by atoms with Gasteiger partial charge in [0.15, 0.2) is 0 Å². The number of anilines is 2. The SMILES string of the molecule is O=c1c(N[C@H](c2ccccc2)C(O)(c2ccccc2)c2ccccc2)c(N[C@H](c2ccccc2)C(O)(c2ccccc2)c2ccccc2)c1=O. The minimum Gasteiger partial charge on any atom is -0.378 e. The summed E-state index contributed by atoms with van der Waals surface area (Å²) in [5.41, 5.74) is -0.914. The molecule has 2 atom stereocenters. The zero-order valence-electron chi connectivity index (χ0n) is 27.2. The van der Waals surface area contributed by atoms with Crippen molar-refractivity contribution in [2.24, 2.45) is 0 Å². The lowest BCUT2D eigenvalue weighted by Crippen LogP contribution is -2.46. The first-order chi connectivity index (χ1) is 24.4. The molecule has 0 spiro atoms. The largest absolute Gasteiger partial charge is 0.378 e. The molecule has 7 rings (SSSR count). The molecule has 0 aliphatic heterocycles. The van der Waals surface area contributed by atoms with Gasteiger partial charge in [-0.15, -0.1) is 0 Å². The zero-order valence-corrected chi connectivity index (χ0v) is 27.2. The normalized spacial score (nSPS) is 13.0. The molecule has 0 radical (unpaired) electrons. The van der Waals surface area contributed by atoms with Crippen LogP contribution in [0.4, 0.5) is 11.4 Å². The minimum atomic E-state index is -1.67. The second kappa shape index (κ2) is 13.8. The van der Waals surface area contributed by atoms with Crippen LogP contribution in [0.2, 0.25) is 0 Å². The molecule has 246 valence electrons. The van der Waals surface area contributed by atoms with Crippen molar-refractivity contribution >= 4 is 11.4 Å². The van der Waals surface area contributed by atoms with Crippen molar-refractivity contribution < 1.29 is 10.2 Å². The van der Waals surface area contributed by atoms with Gasteiger partial charge in [0.1, 0.15) is 22.6 Å². The van der Waals surface area contributed by atoms with Gasteiger partial charge in [-0.1, -0.05) is 182 Å². The molecular weight excluding hydrogens is 620 g/mol. The first kappa shape index (κ1) is 32.5. The Balaban J connectivity index is 1.39. The van der Waals surface area contributed by atoms with Crippen molar-refractivity contribution in [1.82, 2.24) is 0 Å². The van der Waals surface area contributed by atoms with E-state index in [1.54, 1.807) is 0 Å². The maximum absolute atomic E-state index is 13.6. The van der Waals surface area contributed by atoms with Gasteiger partial charge in [0.25, 0.3) is 10.9 Å². The summed E-state index contributed by atoms with van der Waals surface area (Å²) in [6.07, 6.45) is 0. The van der Waals surface area contributed by atoms with Gasteiger partial charge in [0, 0.05) is 0 Å². The summed E-state index contributed by atoms with van der Waals surface area (Å²) in [5.74, 6) is 0. The molecule has 0 saturated carbocycles. The molecule has 0 aliphatic rings. The van der Waals surface area contributed by atoms with Gasteiger partial charge in [0.05, 0.1) is 12.1 Å². The average Bonchev–Trinajstić information content (AvgIpc) is 3.20.